The molecule has 10 heteroatoms. The molecule has 4 rings (SSSR count). The molecule has 4 heterocycles. The van der Waals surface area contributed by atoms with Crippen molar-refractivity contribution in [2.75, 3.05) is 56.7 Å². The standard InChI is InChI=1S/C22H30N6O4/c1-2-3-9-32-22-25-20(23)17-13-19(29)28(21(17)26-22)15-16-4-5-18(24-14-16)31-12-8-27-6-10-30-11-7-27/h4-5,14H,2-3,6-13,15H2,1H3,(H2,23,25,26). The number of anilines is 2. The number of hydrogen-bond acceptors (Lipinski definition) is 9. The molecule has 1 fully saturated rings. The normalized spacial score (nSPS) is 16.3. The lowest BCUT2D eigenvalue weighted by atomic mass is 10.2. The van der Waals surface area contributed by atoms with Gasteiger partial charge in [-0.3, -0.25) is 14.6 Å². The zero-order chi connectivity index (χ0) is 22.3. The van der Waals surface area contributed by atoms with Crippen molar-refractivity contribution in [1.82, 2.24) is 19.9 Å². The number of amides is 1. The summed E-state index contributed by atoms with van der Waals surface area (Å²) in [6, 6.07) is 3.94. The topological polar surface area (TPSA) is 116 Å². The Labute approximate surface area is 187 Å². The van der Waals surface area contributed by atoms with Crippen molar-refractivity contribution in [1.29, 1.82) is 0 Å². The SMILES string of the molecule is CCCCOc1nc(N)c2c(n1)N(Cc1ccc(OCCN3CCOCC3)nc1)C(=O)C2. The average Bonchev–Trinajstić information content (AvgIpc) is 3.12. The molecule has 0 saturated carbocycles. The first-order valence-corrected chi connectivity index (χ1v) is 11.1. The minimum absolute atomic E-state index is 0.0717. The summed E-state index contributed by atoms with van der Waals surface area (Å²) >= 11 is 0. The number of nitrogens with zero attached hydrogens (tertiary/aromatic N) is 5. The molecule has 0 radical (unpaired) electrons. The molecular formula is C22H30N6O4. The van der Waals surface area contributed by atoms with Crippen molar-refractivity contribution in [3.8, 4) is 11.9 Å². The largest absolute Gasteiger partial charge is 0.476 e. The number of carbonyl (C=O) groups excluding carboxylic acids is 1. The van der Waals surface area contributed by atoms with Gasteiger partial charge in [0, 0.05) is 37.5 Å². The Kier molecular flexibility index (Phi) is 7.33. The fraction of sp³-hybridized carbons (Fsp3) is 0.545. The first-order valence-electron chi connectivity index (χ1n) is 11.1. The first kappa shape index (κ1) is 22.2. The van der Waals surface area contributed by atoms with Crippen LogP contribution in [0.3, 0.4) is 0 Å². The highest BCUT2D eigenvalue weighted by Crippen LogP contribution is 2.33. The predicted molar refractivity (Wildman–Crippen MR) is 119 cm³/mol. The Hall–Kier alpha value is -2.98. The van der Waals surface area contributed by atoms with Gasteiger partial charge in [0.1, 0.15) is 18.2 Å². The molecule has 0 unspecified atom stereocenters. The lowest BCUT2D eigenvalue weighted by molar-refractivity contribution is -0.117. The molecule has 172 valence electrons. The number of aromatic nitrogens is 3. The van der Waals surface area contributed by atoms with Crippen LogP contribution in [0.15, 0.2) is 18.3 Å². The Morgan fingerprint density at radius 2 is 2.00 bits per heavy atom. The molecule has 0 aliphatic carbocycles. The van der Waals surface area contributed by atoms with Crippen LogP contribution in [0.5, 0.6) is 11.9 Å². The number of pyridine rings is 1. The molecule has 2 aliphatic rings. The number of nitrogens with two attached hydrogens (primary N) is 1. The van der Waals surface area contributed by atoms with Gasteiger partial charge in [-0.25, -0.2) is 4.98 Å². The summed E-state index contributed by atoms with van der Waals surface area (Å²) in [5, 5.41) is 0. The van der Waals surface area contributed by atoms with E-state index in [4.69, 9.17) is 19.9 Å². The van der Waals surface area contributed by atoms with Crippen LogP contribution < -0.4 is 20.1 Å². The number of fused-ring (bicyclic) bond motifs is 1. The van der Waals surface area contributed by atoms with E-state index in [1.807, 2.05) is 12.1 Å². The summed E-state index contributed by atoms with van der Waals surface area (Å²) in [6.07, 6.45) is 3.81. The fourth-order valence-corrected chi connectivity index (χ4v) is 3.64. The number of nitrogen functional groups attached to an aromatic ring is 1. The maximum Gasteiger partial charge on any atom is 0.320 e. The second-order valence-corrected chi connectivity index (χ2v) is 7.86. The highest BCUT2D eigenvalue weighted by molar-refractivity contribution is 6.01. The van der Waals surface area contributed by atoms with Crippen molar-refractivity contribution in [2.45, 2.75) is 32.7 Å². The first-order chi connectivity index (χ1) is 15.6. The van der Waals surface area contributed by atoms with Crippen LogP contribution in [0.25, 0.3) is 0 Å². The van der Waals surface area contributed by atoms with Gasteiger partial charge in [0.25, 0.3) is 0 Å². The summed E-state index contributed by atoms with van der Waals surface area (Å²) in [5.41, 5.74) is 7.59. The van der Waals surface area contributed by atoms with E-state index in [0.29, 0.717) is 42.8 Å². The average molecular weight is 443 g/mol. The summed E-state index contributed by atoms with van der Waals surface area (Å²) in [6.45, 7) is 7.76. The van der Waals surface area contributed by atoms with Gasteiger partial charge in [-0.15, -0.1) is 0 Å². The fourth-order valence-electron chi connectivity index (χ4n) is 3.64. The van der Waals surface area contributed by atoms with Gasteiger partial charge in [-0.2, -0.15) is 9.97 Å². The zero-order valence-electron chi connectivity index (χ0n) is 18.5. The van der Waals surface area contributed by atoms with Gasteiger partial charge < -0.3 is 19.9 Å². The highest BCUT2D eigenvalue weighted by Gasteiger charge is 2.32. The van der Waals surface area contributed by atoms with E-state index in [9.17, 15) is 4.79 Å². The summed E-state index contributed by atoms with van der Waals surface area (Å²) in [4.78, 5) is 29.6. The molecule has 0 spiro atoms. The molecule has 10 nitrogen and oxygen atoms in total. The summed E-state index contributed by atoms with van der Waals surface area (Å²) in [7, 11) is 0. The quantitative estimate of drug-likeness (QED) is 0.546. The van der Waals surface area contributed by atoms with E-state index >= 15 is 0 Å². The monoisotopic (exact) mass is 442 g/mol. The maximum atomic E-state index is 12.6. The van der Waals surface area contributed by atoms with Gasteiger partial charge in [0.15, 0.2) is 0 Å². The number of unbranched alkanes of at least 4 members (excludes halogenated alkanes) is 1. The van der Waals surface area contributed by atoms with Crippen LogP contribution in [-0.2, 0) is 22.5 Å². The summed E-state index contributed by atoms with van der Waals surface area (Å²) < 4.78 is 16.7. The van der Waals surface area contributed by atoms with Crippen LogP contribution in [-0.4, -0.2) is 71.8 Å². The van der Waals surface area contributed by atoms with E-state index in [1.54, 1.807) is 11.1 Å². The van der Waals surface area contributed by atoms with E-state index < -0.39 is 0 Å². The van der Waals surface area contributed by atoms with Crippen molar-refractivity contribution < 1.29 is 19.0 Å². The second kappa shape index (κ2) is 10.6. The number of carbonyl (C=O) groups is 1. The van der Waals surface area contributed by atoms with E-state index in [1.165, 1.54) is 0 Å². The smallest absolute Gasteiger partial charge is 0.320 e. The number of ether oxygens (including phenoxy) is 3. The van der Waals surface area contributed by atoms with Gasteiger partial charge in [-0.05, 0) is 12.0 Å². The molecular weight excluding hydrogens is 412 g/mol. The van der Waals surface area contributed by atoms with Gasteiger partial charge >= 0.3 is 6.01 Å². The van der Waals surface area contributed by atoms with Gasteiger partial charge in [0.2, 0.25) is 11.8 Å². The summed E-state index contributed by atoms with van der Waals surface area (Å²) in [5.74, 6) is 1.30. The molecule has 2 N–H and O–H groups in total. The third-order valence-corrected chi connectivity index (χ3v) is 5.51. The van der Waals surface area contributed by atoms with Crippen LogP contribution in [0, 0.1) is 0 Å². The van der Waals surface area contributed by atoms with E-state index in [0.717, 1.165) is 51.3 Å². The molecule has 2 aromatic rings. The van der Waals surface area contributed by atoms with Crippen molar-refractivity contribution in [3.05, 3.63) is 29.5 Å². The molecule has 0 bridgehead atoms. The molecule has 2 aliphatic heterocycles. The maximum absolute atomic E-state index is 12.6. The Morgan fingerprint density at radius 3 is 2.75 bits per heavy atom. The molecule has 0 aromatic carbocycles. The lowest BCUT2D eigenvalue weighted by Crippen LogP contribution is -2.38. The molecule has 2 aromatic heterocycles. The van der Waals surface area contributed by atoms with Crippen LogP contribution in [0.1, 0.15) is 30.9 Å². The number of rotatable bonds is 10. The minimum Gasteiger partial charge on any atom is -0.476 e. The number of hydrogen-bond donors (Lipinski definition) is 1. The van der Waals surface area contributed by atoms with Crippen molar-refractivity contribution in [3.63, 3.8) is 0 Å². The predicted octanol–water partition coefficient (Wildman–Crippen LogP) is 1.43. The Bertz CT molecular complexity index is 917. The van der Waals surface area contributed by atoms with E-state index in [-0.39, 0.29) is 18.3 Å². The lowest BCUT2D eigenvalue weighted by Gasteiger charge is -2.26. The number of morpholine rings is 1. The molecule has 1 amide bonds. The van der Waals surface area contributed by atoms with Crippen LogP contribution >= 0.6 is 0 Å². The second-order valence-electron chi connectivity index (χ2n) is 7.86. The van der Waals surface area contributed by atoms with E-state index in [2.05, 4.69) is 26.8 Å². The third-order valence-electron chi connectivity index (χ3n) is 5.51. The van der Waals surface area contributed by atoms with Gasteiger partial charge in [-0.1, -0.05) is 19.4 Å². The van der Waals surface area contributed by atoms with Crippen LogP contribution in [0.4, 0.5) is 11.6 Å². The van der Waals surface area contributed by atoms with Gasteiger partial charge in [0.05, 0.1) is 32.8 Å². The molecule has 1 saturated heterocycles. The molecule has 0 atom stereocenters. The Morgan fingerprint density at radius 1 is 1.16 bits per heavy atom. The minimum atomic E-state index is -0.0717. The molecule has 32 heavy (non-hydrogen) atoms. The Balaban J connectivity index is 1.36. The third kappa shape index (κ3) is 5.43. The highest BCUT2D eigenvalue weighted by atomic mass is 16.5. The van der Waals surface area contributed by atoms with Crippen molar-refractivity contribution >= 4 is 17.5 Å². The zero-order valence-corrected chi connectivity index (χ0v) is 18.5. The van der Waals surface area contributed by atoms with Crippen LogP contribution in [0.2, 0.25) is 0 Å². The van der Waals surface area contributed by atoms with Crippen molar-refractivity contribution in [2.24, 2.45) is 0 Å².